The van der Waals surface area contributed by atoms with Gasteiger partial charge in [0, 0.05) is 12.3 Å². The van der Waals surface area contributed by atoms with Gasteiger partial charge in [-0.3, -0.25) is 4.79 Å². The molecule has 18 heavy (non-hydrogen) atoms. The van der Waals surface area contributed by atoms with Crippen LogP contribution in [0.3, 0.4) is 0 Å². The quantitative estimate of drug-likeness (QED) is 0.766. The molecule has 2 rings (SSSR count). The van der Waals surface area contributed by atoms with Gasteiger partial charge < -0.3 is 0 Å². The minimum absolute atomic E-state index is 0.0692. The molecule has 0 aliphatic heterocycles. The Labute approximate surface area is 108 Å². The van der Waals surface area contributed by atoms with Crippen LogP contribution in [0.2, 0.25) is 0 Å². The van der Waals surface area contributed by atoms with Crippen LogP contribution in [0.1, 0.15) is 57.6 Å². The third-order valence-corrected chi connectivity index (χ3v) is 4.36. The number of carbonyl (C=O) groups excluding carboxylic acids is 1. The van der Waals surface area contributed by atoms with Gasteiger partial charge in [0.15, 0.2) is 0 Å². The maximum Gasteiger partial charge on any atom is 0.141 e. The maximum atomic E-state index is 13.5. The Hall–Kier alpha value is -1.18. The van der Waals surface area contributed by atoms with E-state index in [-0.39, 0.29) is 23.1 Å². The van der Waals surface area contributed by atoms with Crippen molar-refractivity contribution in [3.8, 4) is 0 Å². The predicted molar refractivity (Wildman–Crippen MR) is 71.2 cm³/mol. The zero-order chi connectivity index (χ0) is 13.5. The Morgan fingerprint density at radius 1 is 1.44 bits per heavy atom. The van der Waals surface area contributed by atoms with Crippen molar-refractivity contribution in [1.29, 1.82) is 0 Å². The van der Waals surface area contributed by atoms with Crippen molar-refractivity contribution >= 4 is 5.78 Å². The number of rotatable bonds is 2. The van der Waals surface area contributed by atoms with Crippen LogP contribution in [0.5, 0.6) is 0 Å². The number of benzene rings is 1. The molecule has 2 unspecified atom stereocenters. The number of carbonyl (C=O) groups is 1. The minimum atomic E-state index is -0.208. The minimum Gasteiger partial charge on any atom is -0.299 e. The van der Waals surface area contributed by atoms with Crippen molar-refractivity contribution in [2.24, 2.45) is 5.92 Å². The first kappa shape index (κ1) is 13.3. The van der Waals surface area contributed by atoms with Crippen molar-refractivity contribution in [2.45, 2.75) is 51.9 Å². The lowest BCUT2D eigenvalue weighted by Crippen LogP contribution is -2.36. The molecule has 0 radical (unpaired) electrons. The van der Waals surface area contributed by atoms with Crippen molar-refractivity contribution < 1.29 is 9.18 Å². The summed E-state index contributed by atoms with van der Waals surface area (Å²) in [6, 6.07) is 4.91. The molecule has 98 valence electrons. The Bertz CT molecular complexity index is 478. The standard InChI is InChI=1S/C16H21FO/c1-5-16(4)9-14(18)15(10(2)3)12-7-6-11(17)8-13(12)16/h6-8,10,15H,5,9H2,1-4H3. The first-order valence-electron chi connectivity index (χ1n) is 6.71. The van der Waals surface area contributed by atoms with Crippen molar-refractivity contribution in [1.82, 2.24) is 0 Å². The molecule has 2 atom stereocenters. The Morgan fingerprint density at radius 2 is 2.11 bits per heavy atom. The zero-order valence-electron chi connectivity index (χ0n) is 11.6. The summed E-state index contributed by atoms with van der Waals surface area (Å²) in [4.78, 5) is 12.4. The summed E-state index contributed by atoms with van der Waals surface area (Å²) in [5.41, 5.74) is 1.86. The average Bonchev–Trinajstić information content (AvgIpc) is 2.29. The van der Waals surface area contributed by atoms with Gasteiger partial charge >= 0.3 is 0 Å². The summed E-state index contributed by atoms with van der Waals surface area (Å²) in [6.45, 7) is 8.26. The first-order chi connectivity index (χ1) is 8.39. The number of halogens is 1. The fourth-order valence-corrected chi connectivity index (χ4v) is 3.13. The second-order valence-electron chi connectivity index (χ2n) is 6.01. The van der Waals surface area contributed by atoms with E-state index in [4.69, 9.17) is 0 Å². The van der Waals surface area contributed by atoms with E-state index in [2.05, 4.69) is 27.7 Å². The monoisotopic (exact) mass is 248 g/mol. The highest BCUT2D eigenvalue weighted by atomic mass is 19.1. The van der Waals surface area contributed by atoms with E-state index < -0.39 is 0 Å². The van der Waals surface area contributed by atoms with Gasteiger partial charge in [-0.1, -0.05) is 33.8 Å². The van der Waals surface area contributed by atoms with Gasteiger partial charge in [-0.15, -0.1) is 0 Å². The molecule has 0 amide bonds. The molecule has 1 aliphatic carbocycles. The summed E-state index contributed by atoms with van der Waals surface area (Å²) in [7, 11) is 0. The molecule has 1 aromatic rings. The predicted octanol–water partition coefficient (Wildman–Crippen LogP) is 4.21. The highest BCUT2D eigenvalue weighted by Gasteiger charge is 2.41. The van der Waals surface area contributed by atoms with Crippen molar-refractivity contribution in [3.63, 3.8) is 0 Å². The van der Waals surface area contributed by atoms with Crippen LogP contribution in [0.25, 0.3) is 0 Å². The van der Waals surface area contributed by atoms with Gasteiger partial charge in [0.2, 0.25) is 0 Å². The van der Waals surface area contributed by atoms with Gasteiger partial charge in [-0.05, 0) is 41.0 Å². The smallest absolute Gasteiger partial charge is 0.141 e. The molecule has 1 aromatic carbocycles. The number of ketones is 1. The topological polar surface area (TPSA) is 17.1 Å². The Kier molecular flexibility index (Phi) is 3.31. The van der Waals surface area contributed by atoms with Gasteiger partial charge in [0.05, 0.1) is 0 Å². The molecular formula is C16H21FO. The molecule has 0 fully saturated rings. The largest absolute Gasteiger partial charge is 0.299 e. The average molecular weight is 248 g/mol. The van der Waals surface area contributed by atoms with E-state index in [1.165, 1.54) is 6.07 Å². The fourth-order valence-electron chi connectivity index (χ4n) is 3.13. The van der Waals surface area contributed by atoms with Crippen LogP contribution >= 0.6 is 0 Å². The molecule has 1 aliphatic rings. The summed E-state index contributed by atoms with van der Waals surface area (Å²) in [5, 5.41) is 0. The summed E-state index contributed by atoms with van der Waals surface area (Å²) in [6.07, 6.45) is 1.39. The molecule has 0 N–H and O–H groups in total. The number of fused-ring (bicyclic) bond motifs is 1. The second kappa shape index (κ2) is 4.49. The molecule has 0 heterocycles. The van der Waals surface area contributed by atoms with Crippen LogP contribution < -0.4 is 0 Å². The van der Waals surface area contributed by atoms with Crippen LogP contribution in [0.4, 0.5) is 4.39 Å². The molecule has 0 saturated heterocycles. The number of Topliss-reactive ketones (excluding diaryl/α,β-unsaturated/α-hetero) is 1. The van der Waals surface area contributed by atoms with Gasteiger partial charge in [-0.2, -0.15) is 0 Å². The Morgan fingerprint density at radius 3 is 2.67 bits per heavy atom. The highest BCUT2D eigenvalue weighted by Crippen LogP contribution is 2.45. The lowest BCUT2D eigenvalue weighted by Gasteiger charge is -2.39. The van der Waals surface area contributed by atoms with Crippen molar-refractivity contribution in [3.05, 3.63) is 35.1 Å². The second-order valence-corrected chi connectivity index (χ2v) is 6.01. The number of hydrogen-bond acceptors (Lipinski definition) is 1. The van der Waals surface area contributed by atoms with Crippen LogP contribution in [0, 0.1) is 11.7 Å². The lowest BCUT2D eigenvalue weighted by atomic mass is 9.63. The van der Waals surface area contributed by atoms with E-state index in [9.17, 15) is 9.18 Å². The highest BCUT2D eigenvalue weighted by molar-refractivity contribution is 5.89. The van der Waals surface area contributed by atoms with Gasteiger partial charge in [-0.25, -0.2) is 4.39 Å². The molecule has 1 nitrogen and oxygen atoms in total. The van der Waals surface area contributed by atoms with Crippen molar-refractivity contribution in [2.75, 3.05) is 0 Å². The summed E-state index contributed by atoms with van der Waals surface area (Å²) < 4.78 is 13.5. The molecule has 0 spiro atoms. The Balaban J connectivity index is 2.63. The number of hydrogen-bond donors (Lipinski definition) is 0. The fraction of sp³-hybridized carbons (Fsp3) is 0.562. The first-order valence-corrected chi connectivity index (χ1v) is 6.71. The van der Waals surface area contributed by atoms with E-state index in [0.717, 1.165) is 17.5 Å². The lowest BCUT2D eigenvalue weighted by molar-refractivity contribution is -0.123. The summed E-state index contributed by atoms with van der Waals surface area (Å²) in [5.74, 6) is 0.294. The van der Waals surface area contributed by atoms with Crippen LogP contribution in [-0.4, -0.2) is 5.78 Å². The van der Waals surface area contributed by atoms with E-state index in [1.54, 1.807) is 12.1 Å². The normalized spacial score (nSPS) is 27.4. The summed E-state index contributed by atoms with van der Waals surface area (Å²) >= 11 is 0. The third-order valence-electron chi connectivity index (χ3n) is 4.36. The van der Waals surface area contributed by atoms with Gasteiger partial charge in [0.1, 0.15) is 11.6 Å². The molecule has 2 heteroatoms. The molecular weight excluding hydrogens is 227 g/mol. The maximum absolute atomic E-state index is 13.5. The molecule has 0 bridgehead atoms. The van der Waals surface area contributed by atoms with E-state index >= 15 is 0 Å². The van der Waals surface area contributed by atoms with Crippen LogP contribution in [-0.2, 0) is 10.2 Å². The van der Waals surface area contributed by atoms with Gasteiger partial charge in [0.25, 0.3) is 0 Å². The molecule has 0 saturated carbocycles. The van der Waals surface area contributed by atoms with E-state index in [0.29, 0.717) is 12.2 Å². The zero-order valence-corrected chi connectivity index (χ0v) is 11.6. The SMILES string of the molecule is CCC1(C)CC(=O)C(C(C)C)c2ccc(F)cc21. The van der Waals surface area contributed by atoms with Crippen LogP contribution in [0.15, 0.2) is 18.2 Å². The molecule has 0 aromatic heterocycles. The van der Waals surface area contributed by atoms with E-state index in [1.807, 2.05) is 0 Å². The third kappa shape index (κ3) is 1.98.